The first kappa shape index (κ1) is 41.0. The van der Waals surface area contributed by atoms with Crippen LogP contribution in [0.5, 0.6) is 5.75 Å². The molecule has 0 atom stereocenters. The van der Waals surface area contributed by atoms with E-state index in [2.05, 4.69) is 60.3 Å². The minimum atomic E-state index is -0.603. The molecule has 0 bridgehead atoms. The number of ether oxygens (including phenoxy) is 1. The smallest absolute Gasteiger partial charge is 0.321 e. The molecule has 0 saturated carbocycles. The molecule has 0 unspecified atom stereocenters. The van der Waals surface area contributed by atoms with E-state index in [0.29, 0.717) is 56.7 Å². The van der Waals surface area contributed by atoms with Gasteiger partial charge in [-0.3, -0.25) is 29.5 Å². The van der Waals surface area contributed by atoms with Crippen molar-refractivity contribution in [1.82, 2.24) is 30.5 Å². The molecule has 0 aliphatic carbocycles. The number of likely N-dealkylation sites (N-methyl/N-ethyl adjacent to an activating group) is 1. The molecule has 1 aliphatic rings. The molecule has 15 nitrogen and oxygen atoms in total. The number of anilines is 3. The summed E-state index contributed by atoms with van der Waals surface area (Å²) in [6, 6.07) is 15.0. The van der Waals surface area contributed by atoms with Crippen LogP contribution in [0.4, 0.5) is 21.3 Å². The maximum atomic E-state index is 13.1. The highest BCUT2D eigenvalue weighted by Gasteiger charge is 2.26. The predicted molar refractivity (Wildman–Crippen MR) is 224 cm³/mol. The van der Waals surface area contributed by atoms with Crippen molar-refractivity contribution in [3.05, 3.63) is 106 Å². The lowest BCUT2D eigenvalue weighted by molar-refractivity contribution is -0.135. The minimum Gasteiger partial charge on any atom is -0.427 e. The van der Waals surface area contributed by atoms with Crippen molar-refractivity contribution in [2.24, 2.45) is 0 Å². The number of urea groups is 1. The first-order valence-electron chi connectivity index (χ1n) is 18.9. The summed E-state index contributed by atoms with van der Waals surface area (Å²) < 4.78 is 5.48. The highest BCUT2D eigenvalue weighted by Crippen LogP contribution is 2.36. The topological polar surface area (TPSA) is 200 Å². The van der Waals surface area contributed by atoms with Crippen molar-refractivity contribution in [2.45, 2.75) is 47.1 Å². The van der Waals surface area contributed by atoms with Crippen molar-refractivity contribution in [3.8, 4) is 17.0 Å². The Balaban J connectivity index is 0.988. The van der Waals surface area contributed by atoms with Crippen LogP contribution in [0.2, 0.25) is 0 Å². The van der Waals surface area contributed by atoms with E-state index < -0.39 is 17.9 Å². The fourth-order valence-corrected chi connectivity index (χ4v) is 7.13. The van der Waals surface area contributed by atoms with Crippen LogP contribution in [-0.2, 0) is 20.9 Å². The quantitative estimate of drug-likeness (QED) is 0.0373. The lowest BCUT2D eigenvalue weighted by atomic mass is 10.0. The van der Waals surface area contributed by atoms with Gasteiger partial charge < -0.3 is 35.9 Å². The Bertz CT molecular complexity index is 2350. The van der Waals surface area contributed by atoms with E-state index in [-0.39, 0.29) is 37.0 Å². The van der Waals surface area contributed by atoms with Gasteiger partial charge in [-0.25, -0.2) is 9.78 Å². The zero-order valence-electron chi connectivity index (χ0n) is 32.7. The highest BCUT2D eigenvalue weighted by atomic mass is 32.1. The molecular weight excluding hydrogens is 759 g/mol. The van der Waals surface area contributed by atoms with Crippen LogP contribution in [0, 0.1) is 13.8 Å². The third kappa shape index (κ3) is 10.4. The number of aromatic nitrogens is 3. The number of amides is 5. The number of rotatable bonds is 16. The van der Waals surface area contributed by atoms with Crippen molar-refractivity contribution in [1.29, 1.82) is 0 Å². The minimum absolute atomic E-state index is 0.141. The number of H-pyrrole nitrogens is 1. The van der Waals surface area contributed by atoms with Gasteiger partial charge in [-0.05, 0) is 86.6 Å². The molecule has 2 aromatic carbocycles. The first-order chi connectivity index (χ1) is 28.0. The van der Waals surface area contributed by atoms with E-state index >= 15 is 0 Å². The Kier molecular flexibility index (Phi) is 13.4. The Morgan fingerprint density at radius 1 is 0.948 bits per heavy atom. The van der Waals surface area contributed by atoms with E-state index in [1.54, 1.807) is 60.9 Å². The second-order valence-electron chi connectivity index (χ2n) is 13.5. The number of nitrogens with zero attached hydrogens (tertiary/aromatic N) is 3. The zero-order chi connectivity index (χ0) is 41.2. The van der Waals surface area contributed by atoms with Gasteiger partial charge in [-0.2, -0.15) is 0 Å². The van der Waals surface area contributed by atoms with Crippen LogP contribution in [-0.4, -0.2) is 75.8 Å². The maximum Gasteiger partial charge on any atom is 0.321 e. The summed E-state index contributed by atoms with van der Waals surface area (Å²) in [5.41, 5.74) is 6.90. The first-order valence-corrected chi connectivity index (χ1v) is 19.8. The van der Waals surface area contributed by atoms with E-state index in [4.69, 9.17) is 4.74 Å². The van der Waals surface area contributed by atoms with Crippen LogP contribution < -0.4 is 31.3 Å². The van der Waals surface area contributed by atoms with Crippen LogP contribution in [0.3, 0.4) is 0 Å². The summed E-state index contributed by atoms with van der Waals surface area (Å²) in [7, 11) is 0. The van der Waals surface area contributed by atoms with Crippen LogP contribution >= 0.6 is 11.3 Å². The SMILES string of the molecule is CCN(CC)CCNC(=O)c1c(C)[nH]c(/C=C2\C(=O)Nc3ccc(NC(=O)CCC(=O)Oc4cccc(CNC(=O)Nc5nc(-c6ccncc6)cs5)c4)cc32)c1C. The summed E-state index contributed by atoms with van der Waals surface area (Å²) in [5, 5.41) is 16.4. The number of pyridine rings is 1. The average Bonchev–Trinajstić information content (AvgIpc) is 3.89. The van der Waals surface area contributed by atoms with Gasteiger partial charge in [0.2, 0.25) is 5.91 Å². The number of aromatic amines is 1. The van der Waals surface area contributed by atoms with Crippen LogP contribution in [0.15, 0.2) is 72.4 Å². The van der Waals surface area contributed by atoms with Gasteiger partial charge in [0.05, 0.1) is 23.3 Å². The summed E-state index contributed by atoms with van der Waals surface area (Å²) in [6.45, 7) is 11.1. The monoisotopic (exact) mass is 803 g/mol. The van der Waals surface area contributed by atoms with Crippen molar-refractivity contribution >= 4 is 69.2 Å². The molecule has 5 amide bonds. The molecule has 0 radical (unpaired) electrons. The third-order valence-corrected chi connectivity index (χ3v) is 10.3. The van der Waals surface area contributed by atoms with Crippen LogP contribution in [0.1, 0.15) is 65.1 Å². The van der Waals surface area contributed by atoms with Gasteiger partial charge in [0.15, 0.2) is 5.13 Å². The Hall–Kier alpha value is -6.65. The summed E-state index contributed by atoms with van der Waals surface area (Å²) in [5.74, 6) is -1.23. The molecule has 1 aliphatic heterocycles. The Morgan fingerprint density at radius 3 is 2.52 bits per heavy atom. The lowest BCUT2D eigenvalue weighted by Crippen LogP contribution is -2.35. The average molecular weight is 804 g/mol. The number of hydrogen-bond donors (Lipinski definition) is 6. The number of hydrogen-bond acceptors (Lipinski definition) is 10. The molecule has 58 heavy (non-hydrogen) atoms. The molecule has 0 fully saturated rings. The van der Waals surface area contributed by atoms with Crippen molar-refractivity contribution in [2.75, 3.05) is 42.1 Å². The fraction of sp³-hybridized carbons (Fsp3) is 0.262. The molecule has 0 saturated heterocycles. The van der Waals surface area contributed by atoms with Gasteiger partial charge >= 0.3 is 12.0 Å². The largest absolute Gasteiger partial charge is 0.427 e. The van der Waals surface area contributed by atoms with E-state index in [1.807, 2.05) is 31.4 Å². The van der Waals surface area contributed by atoms with Crippen LogP contribution in [0.25, 0.3) is 22.9 Å². The molecule has 0 spiro atoms. The molecular formula is C42H45N9O6S. The van der Waals surface area contributed by atoms with E-state index in [1.165, 1.54) is 11.3 Å². The number of carbonyl (C=O) groups is 5. The molecule has 5 aromatic rings. The fourth-order valence-electron chi connectivity index (χ4n) is 6.42. The highest BCUT2D eigenvalue weighted by molar-refractivity contribution is 7.14. The number of fused-ring (bicyclic) bond motifs is 1. The number of nitrogens with one attached hydrogen (secondary N) is 6. The van der Waals surface area contributed by atoms with E-state index in [9.17, 15) is 24.0 Å². The summed E-state index contributed by atoms with van der Waals surface area (Å²) in [6.07, 6.45) is 4.73. The number of esters is 1. The van der Waals surface area contributed by atoms with Gasteiger partial charge in [-0.15, -0.1) is 11.3 Å². The van der Waals surface area contributed by atoms with Gasteiger partial charge in [0, 0.05) is 77.7 Å². The Morgan fingerprint density at radius 2 is 1.74 bits per heavy atom. The number of thiazole rings is 1. The third-order valence-electron chi connectivity index (χ3n) is 9.53. The molecule has 300 valence electrons. The second-order valence-corrected chi connectivity index (χ2v) is 14.3. The number of benzene rings is 2. The standard InChI is InChI=1S/C42H45N9O6S/c1-5-51(6-2)19-18-44-40(55)38-25(3)34(46-26(38)4)22-32-31-21-29(10-11-33(31)48-39(32)54)47-36(52)12-13-37(53)57-30-9-7-8-27(20-30)23-45-41(56)50-42-49-35(24-58-42)28-14-16-43-17-15-28/h7-11,14-17,20-22,24,46H,5-6,12-13,18-19,23H2,1-4H3,(H,44,55)(H,47,52)(H,48,54)(H2,45,49,50,56)/b32-22-. The molecule has 3 aromatic heterocycles. The van der Waals surface area contributed by atoms with Crippen molar-refractivity contribution < 1.29 is 28.7 Å². The lowest BCUT2D eigenvalue weighted by Gasteiger charge is -2.18. The number of aryl methyl sites for hydroxylation is 1. The molecule has 4 heterocycles. The Labute approximate surface area is 339 Å². The van der Waals surface area contributed by atoms with Gasteiger partial charge in [0.1, 0.15) is 5.75 Å². The molecule has 16 heteroatoms. The predicted octanol–water partition coefficient (Wildman–Crippen LogP) is 6.36. The number of carbonyl (C=O) groups excluding carboxylic acids is 5. The summed E-state index contributed by atoms with van der Waals surface area (Å²) in [4.78, 5) is 78.2. The van der Waals surface area contributed by atoms with Crippen molar-refractivity contribution in [3.63, 3.8) is 0 Å². The van der Waals surface area contributed by atoms with Gasteiger partial charge in [0.25, 0.3) is 11.8 Å². The second kappa shape index (κ2) is 19.0. The molecule has 6 rings (SSSR count). The summed E-state index contributed by atoms with van der Waals surface area (Å²) >= 11 is 1.30. The van der Waals surface area contributed by atoms with Gasteiger partial charge in [-0.1, -0.05) is 26.0 Å². The maximum absolute atomic E-state index is 13.1. The normalized spacial score (nSPS) is 12.6. The zero-order valence-corrected chi connectivity index (χ0v) is 33.5. The molecule has 6 N–H and O–H groups in total. The van der Waals surface area contributed by atoms with E-state index in [0.717, 1.165) is 36.5 Å².